The fourth-order valence-electron chi connectivity index (χ4n) is 3.92. The lowest BCUT2D eigenvalue weighted by atomic mass is 9.93. The van der Waals surface area contributed by atoms with Gasteiger partial charge in [-0.2, -0.15) is 0 Å². The molecule has 2 aliphatic rings. The van der Waals surface area contributed by atoms with Gasteiger partial charge in [0.15, 0.2) is 0 Å². The predicted octanol–water partition coefficient (Wildman–Crippen LogP) is 4.03. The lowest BCUT2D eigenvalue weighted by molar-refractivity contribution is -0.128. The van der Waals surface area contributed by atoms with Gasteiger partial charge in [-0.3, -0.25) is 4.79 Å². The van der Waals surface area contributed by atoms with E-state index in [0.29, 0.717) is 6.54 Å². The minimum Gasteiger partial charge on any atom is -0.497 e. The SMILES string of the molecule is COc1ccc(C2=CN(CC(=O)N3CCCC3)c3cc(C)ccc3C2)cc1. The maximum atomic E-state index is 12.8. The first kappa shape index (κ1) is 17.7. The number of carbonyl (C=O) groups excluding carboxylic acids is 1. The van der Waals surface area contributed by atoms with E-state index in [2.05, 4.69) is 48.4 Å². The highest BCUT2D eigenvalue weighted by Gasteiger charge is 2.24. The Morgan fingerprint density at radius 3 is 2.52 bits per heavy atom. The van der Waals surface area contributed by atoms with Crippen molar-refractivity contribution in [3.63, 3.8) is 0 Å². The second kappa shape index (κ2) is 7.47. The van der Waals surface area contributed by atoms with Crippen LogP contribution in [-0.4, -0.2) is 37.6 Å². The molecule has 0 bridgehead atoms. The third-order valence-corrected chi connectivity index (χ3v) is 5.47. The van der Waals surface area contributed by atoms with Crippen molar-refractivity contribution in [1.29, 1.82) is 0 Å². The molecule has 27 heavy (non-hydrogen) atoms. The summed E-state index contributed by atoms with van der Waals surface area (Å²) in [5.41, 5.74) is 6.03. The maximum absolute atomic E-state index is 12.8. The summed E-state index contributed by atoms with van der Waals surface area (Å²) >= 11 is 0. The Bertz CT molecular complexity index is 864. The highest BCUT2D eigenvalue weighted by atomic mass is 16.5. The Kier molecular flexibility index (Phi) is 4.88. The summed E-state index contributed by atoms with van der Waals surface area (Å²) < 4.78 is 5.28. The van der Waals surface area contributed by atoms with Crippen molar-refractivity contribution in [2.75, 3.05) is 31.6 Å². The van der Waals surface area contributed by atoms with Crippen molar-refractivity contribution in [2.45, 2.75) is 26.2 Å². The third kappa shape index (κ3) is 3.70. The van der Waals surface area contributed by atoms with E-state index in [4.69, 9.17) is 4.74 Å². The van der Waals surface area contributed by atoms with Gasteiger partial charge in [0.2, 0.25) is 5.91 Å². The fraction of sp³-hybridized carbons (Fsp3) is 0.348. The first-order valence-electron chi connectivity index (χ1n) is 9.63. The first-order chi connectivity index (χ1) is 13.1. The molecule has 0 saturated carbocycles. The zero-order chi connectivity index (χ0) is 18.8. The zero-order valence-corrected chi connectivity index (χ0v) is 16.1. The van der Waals surface area contributed by atoms with E-state index in [-0.39, 0.29) is 5.91 Å². The molecule has 140 valence electrons. The van der Waals surface area contributed by atoms with E-state index in [9.17, 15) is 4.79 Å². The number of allylic oxidation sites excluding steroid dienone is 1. The Morgan fingerprint density at radius 1 is 1.07 bits per heavy atom. The second-order valence-corrected chi connectivity index (χ2v) is 7.41. The number of hydrogen-bond donors (Lipinski definition) is 0. The van der Waals surface area contributed by atoms with Crippen LogP contribution in [0.5, 0.6) is 5.75 Å². The number of fused-ring (bicyclic) bond motifs is 1. The van der Waals surface area contributed by atoms with Crippen LogP contribution < -0.4 is 9.64 Å². The second-order valence-electron chi connectivity index (χ2n) is 7.41. The summed E-state index contributed by atoms with van der Waals surface area (Å²) in [5.74, 6) is 1.07. The minimum atomic E-state index is 0.215. The Labute approximate surface area is 161 Å². The number of rotatable bonds is 4. The number of ether oxygens (including phenoxy) is 1. The Morgan fingerprint density at radius 2 is 1.81 bits per heavy atom. The monoisotopic (exact) mass is 362 g/mol. The largest absolute Gasteiger partial charge is 0.497 e. The Balaban J connectivity index is 1.65. The smallest absolute Gasteiger partial charge is 0.242 e. The molecule has 2 heterocycles. The zero-order valence-electron chi connectivity index (χ0n) is 16.1. The van der Waals surface area contributed by atoms with Gasteiger partial charge in [-0.05, 0) is 60.2 Å². The van der Waals surface area contributed by atoms with Crippen LogP contribution in [0.15, 0.2) is 48.7 Å². The third-order valence-electron chi connectivity index (χ3n) is 5.47. The minimum absolute atomic E-state index is 0.215. The van der Waals surface area contributed by atoms with Crippen molar-refractivity contribution in [3.8, 4) is 5.75 Å². The molecule has 0 N–H and O–H groups in total. The summed E-state index contributed by atoms with van der Waals surface area (Å²) in [6, 6.07) is 14.7. The molecule has 0 spiro atoms. The van der Waals surface area contributed by atoms with Gasteiger partial charge in [0.1, 0.15) is 12.3 Å². The molecule has 4 rings (SSSR count). The quantitative estimate of drug-likeness (QED) is 0.823. The van der Waals surface area contributed by atoms with E-state index in [0.717, 1.165) is 43.8 Å². The molecular formula is C23H26N2O2. The Hall–Kier alpha value is -2.75. The van der Waals surface area contributed by atoms with Gasteiger partial charge in [0.25, 0.3) is 0 Å². The molecule has 1 saturated heterocycles. The van der Waals surface area contributed by atoms with Gasteiger partial charge in [0.05, 0.1) is 7.11 Å². The summed E-state index contributed by atoms with van der Waals surface area (Å²) in [6.45, 7) is 4.28. The number of nitrogens with zero attached hydrogens (tertiary/aromatic N) is 2. The van der Waals surface area contributed by atoms with Crippen LogP contribution in [0.25, 0.3) is 5.57 Å². The molecule has 1 amide bonds. The number of aryl methyl sites for hydroxylation is 1. The van der Waals surface area contributed by atoms with Crippen LogP contribution in [0.1, 0.15) is 29.5 Å². The number of likely N-dealkylation sites (tertiary alicyclic amines) is 1. The molecule has 1 fully saturated rings. The molecule has 2 aliphatic heterocycles. The van der Waals surface area contributed by atoms with Gasteiger partial charge in [-0.1, -0.05) is 24.3 Å². The van der Waals surface area contributed by atoms with Crippen molar-refractivity contribution in [1.82, 2.24) is 4.90 Å². The van der Waals surface area contributed by atoms with Gasteiger partial charge in [-0.15, -0.1) is 0 Å². The van der Waals surface area contributed by atoms with Crippen molar-refractivity contribution in [3.05, 3.63) is 65.4 Å². The number of carbonyl (C=O) groups is 1. The van der Waals surface area contributed by atoms with E-state index < -0.39 is 0 Å². The van der Waals surface area contributed by atoms with Gasteiger partial charge >= 0.3 is 0 Å². The number of hydrogen-bond acceptors (Lipinski definition) is 3. The molecular weight excluding hydrogens is 336 g/mol. The van der Waals surface area contributed by atoms with E-state index in [1.807, 2.05) is 17.0 Å². The number of anilines is 1. The van der Waals surface area contributed by atoms with Crippen molar-refractivity contribution >= 4 is 17.2 Å². The summed E-state index contributed by atoms with van der Waals surface area (Å²) in [4.78, 5) is 16.9. The standard InChI is InChI=1S/C23H26N2O2/c1-17-5-6-19-14-20(18-7-9-21(27-2)10-8-18)15-25(22(19)13-17)16-23(26)24-11-3-4-12-24/h5-10,13,15H,3-4,11-12,14,16H2,1-2H3. The predicted molar refractivity (Wildman–Crippen MR) is 109 cm³/mol. The van der Waals surface area contributed by atoms with Gasteiger partial charge < -0.3 is 14.5 Å². The number of amides is 1. The van der Waals surface area contributed by atoms with E-state index in [1.54, 1.807) is 7.11 Å². The average molecular weight is 362 g/mol. The van der Waals surface area contributed by atoms with E-state index >= 15 is 0 Å². The molecule has 4 nitrogen and oxygen atoms in total. The highest BCUT2D eigenvalue weighted by molar-refractivity contribution is 5.86. The van der Waals surface area contributed by atoms with Crippen LogP contribution >= 0.6 is 0 Å². The van der Waals surface area contributed by atoms with E-state index in [1.165, 1.54) is 22.3 Å². The molecule has 2 aromatic rings. The summed E-state index contributed by atoms with van der Waals surface area (Å²) in [7, 11) is 1.68. The number of methoxy groups -OCH3 is 1. The summed E-state index contributed by atoms with van der Waals surface area (Å²) in [5, 5.41) is 0. The van der Waals surface area contributed by atoms with Crippen molar-refractivity contribution < 1.29 is 9.53 Å². The summed E-state index contributed by atoms with van der Waals surface area (Å²) in [6.07, 6.45) is 5.26. The fourth-order valence-corrected chi connectivity index (χ4v) is 3.92. The van der Waals surface area contributed by atoms with Crippen LogP contribution in [0.4, 0.5) is 5.69 Å². The normalized spacial score (nSPS) is 16.1. The number of benzene rings is 2. The van der Waals surface area contributed by atoms with Crippen LogP contribution in [0.2, 0.25) is 0 Å². The maximum Gasteiger partial charge on any atom is 0.242 e. The first-order valence-corrected chi connectivity index (χ1v) is 9.63. The molecule has 2 aromatic carbocycles. The van der Waals surface area contributed by atoms with Gasteiger partial charge in [-0.25, -0.2) is 0 Å². The lowest BCUT2D eigenvalue weighted by Gasteiger charge is -2.31. The molecule has 0 aromatic heterocycles. The van der Waals surface area contributed by atoms with Crippen LogP contribution in [0.3, 0.4) is 0 Å². The average Bonchev–Trinajstić information content (AvgIpc) is 3.23. The lowest BCUT2D eigenvalue weighted by Crippen LogP contribution is -2.38. The highest BCUT2D eigenvalue weighted by Crippen LogP contribution is 2.34. The molecule has 0 atom stereocenters. The van der Waals surface area contributed by atoms with Gasteiger partial charge in [0, 0.05) is 31.4 Å². The molecule has 0 aliphatic carbocycles. The van der Waals surface area contributed by atoms with Crippen LogP contribution in [-0.2, 0) is 11.2 Å². The molecule has 0 unspecified atom stereocenters. The molecule has 4 heteroatoms. The van der Waals surface area contributed by atoms with Crippen LogP contribution in [0, 0.1) is 6.92 Å². The topological polar surface area (TPSA) is 32.8 Å². The van der Waals surface area contributed by atoms with Crippen molar-refractivity contribution in [2.24, 2.45) is 0 Å². The molecule has 0 radical (unpaired) electrons.